The molecule has 4 heteroatoms. The predicted octanol–water partition coefficient (Wildman–Crippen LogP) is 1.93. The average Bonchev–Trinajstić information content (AvgIpc) is 2.39. The summed E-state index contributed by atoms with van der Waals surface area (Å²) in [4.78, 5) is 31.1. The van der Waals surface area contributed by atoms with Crippen molar-refractivity contribution in [1.29, 1.82) is 0 Å². The standard InChI is InChI=1S/C14H14N2O2/c1-14(2,12-5-3-4-7-16-12)13(18)10-9-15-8-6-11(10)17/h3-9H,1-2H3,(H,15,17). The van der Waals surface area contributed by atoms with Crippen molar-refractivity contribution in [3.63, 3.8) is 0 Å². The molecule has 2 aromatic heterocycles. The number of hydrogen-bond acceptors (Lipinski definition) is 3. The van der Waals surface area contributed by atoms with Crippen molar-refractivity contribution in [3.8, 4) is 0 Å². The second-order valence-electron chi connectivity index (χ2n) is 4.59. The molecule has 0 saturated heterocycles. The van der Waals surface area contributed by atoms with Crippen LogP contribution in [0.1, 0.15) is 29.9 Å². The van der Waals surface area contributed by atoms with E-state index in [-0.39, 0.29) is 16.8 Å². The number of nitrogens with zero attached hydrogens (tertiary/aromatic N) is 1. The molecular formula is C14H14N2O2. The minimum Gasteiger partial charge on any atom is -0.367 e. The number of ketones is 1. The van der Waals surface area contributed by atoms with Gasteiger partial charge >= 0.3 is 0 Å². The number of nitrogens with one attached hydrogen (secondary N) is 1. The average molecular weight is 242 g/mol. The Bertz CT molecular complexity index is 615. The van der Waals surface area contributed by atoms with Gasteiger partial charge in [0.05, 0.1) is 16.7 Å². The molecule has 2 aromatic rings. The molecule has 0 aromatic carbocycles. The van der Waals surface area contributed by atoms with Crippen molar-refractivity contribution >= 4 is 5.78 Å². The number of aromatic amines is 1. The van der Waals surface area contributed by atoms with E-state index in [1.165, 1.54) is 18.5 Å². The third-order valence-corrected chi connectivity index (χ3v) is 2.94. The molecule has 0 aliphatic carbocycles. The summed E-state index contributed by atoms with van der Waals surface area (Å²) >= 11 is 0. The van der Waals surface area contributed by atoms with E-state index in [1.807, 2.05) is 6.07 Å². The molecule has 2 heterocycles. The van der Waals surface area contributed by atoms with E-state index in [9.17, 15) is 9.59 Å². The molecule has 18 heavy (non-hydrogen) atoms. The molecule has 0 fully saturated rings. The number of carbonyl (C=O) groups is 1. The highest BCUT2D eigenvalue weighted by Gasteiger charge is 2.33. The van der Waals surface area contributed by atoms with Crippen molar-refractivity contribution in [2.45, 2.75) is 19.3 Å². The van der Waals surface area contributed by atoms with Crippen LogP contribution < -0.4 is 5.43 Å². The van der Waals surface area contributed by atoms with Gasteiger partial charge in [-0.2, -0.15) is 0 Å². The lowest BCUT2D eigenvalue weighted by molar-refractivity contribution is 0.0904. The Labute approximate surface area is 105 Å². The maximum absolute atomic E-state index is 12.4. The summed E-state index contributed by atoms with van der Waals surface area (Å²) in [5, 5.41) is 0. The molecule has 4 nitrogen and oxygen atoms in total. The van der Waals surface area contributed by atoms with Crippen LogP contribution in [-0.2, 0) is 5.41 Å². The molecule has 0 aliphatic rings. The second kappa shape index (κ2) is 4.56. The van der Waals surface area contributed by atoms with Gasteiger partial charge in [0, 0.05) is 24.7 Å². The van der Waals surface area contributed by atoms with E-state index in [0.29, 0.717) is 5.69 Å². The van der Waals surface area contributed by atoms with Gasteiger partial charge in [-0.15, -0.1) is 0 Å². The van der Waals surface area contributed by atoms with E-state index >= 15 is 0 Å². The SMILES string of the molecule is CC(C)(C(=O)c1c[nH]ccc1=O)c1ccccn1. The first-order valence-corrected chi connectivity index (χ1v) is 5.67. The highest BCUT2D eigenvalue weighted by atomic mass is 16.1. The quantitative estimate of drug-likeness (QED) is 0.836. The zero-order valence-electron chi connectivity index (χ0n) is 10.3. The lowest BCUT2D eigenvalue weighted by atomic mass is 9.81. The molecule has 0 aliphatic heterocycles. The summed E-state index contributed by atoms with van der Waals surface area (Å²) < 4.78 is 0. The molecule has 0 radical (unpaired) electrons. The summed E-state index contributed by atoms with van der Waals surface area (Å²) in [6.45, 7) is 3.54. The van der Waals surface area contributed by atoms with Crippen molar-refractivity contribution in [1.82, 2.24) is 9.97 Å². The fourth-order valence-corrected chi connectivity index (χ4v) is 1.78. The summed E-state index contributed by atoms with van der Waals surface area (Å²) in [5.74, 6) is -0.233. The maximum atomic E-state index is 12.4. The van der Waals surface area contributed by atoms with Crippen molar-refractivity contribution in [3.05, 3.63) is 64.3 Å². The lowest BCUT2D eigenvalue weighted by Crippen LogP contribution is -2.33. The molecule has 92 valence electrons. The Balaban J connectivity index is 2.46. The Hall–Kier alpha value is -2.23. The second-order valence-corrected chi connectivity index (χ2v) is 4.59. The van der Waals surface area contributed by atoms with Crippen LogP contribution in [0.2, 0.25) is 0 Å². The number of hydrogen-bond donors (Lipinski definition) is 1. The number of rotatable bonds is 3. The number of pyridine rings is 2. The van der Waals surface area contributed by atoms with Gasteiger partial charge in [-0.1, -0.05) is 6.07 Å². The number of carbonyl (C=O) groups excluding carboxylic acids is 1. The highest BCUT2D eigenvalue weighted by molar-refractivity contribution is 6.02. The minimum atomic E-state index is -0.824. The molecule has 0 amide bonds. The van der Waals surface area contributed by atoms with Gasteiger partial charge in [0.1, 0.15) is 0 Å². The minimum absolute atomic E-state index is 0.160. The molecular weight excluding hydrogens is 228 g/mol. The van der Waals surface area contributed by atoms with Gasteiger partial charge in [-0.3, -0.25) is 14.6 Å². The topological polar surface area (TPSA) is 62.8 Å². The summed E-state index contributed by atoms with van der Waals surface area (Å²) in [6.07, 6.45) is 4.59. The van der Waals surface area contributed by atoms with E-state index in [0.717, 1.165) is 0 Å². The third kappa shape index (κ3) is 2.09. The van der Waals surface area contributed by atoms with Crippen LogP contribution in [0.5, 0.6) is 0 Å². The van der Waals surface area contributed by atoms with Gasteiger partial charge < -0.3 is 4.98 Å². The van der Waals surface area contributed by atoms with Crippen molar-refractivity contribution < 1.29 is 4.79 Å². The highest BCUT2D eigenvalue weighted by Crippen LogP contribution is 2.24. The largest absolute Gasteiger partial charge is 0.367 e. The number of H-pyrrole nitrogens is 1. The molecule has 0 atom stereocenters. The lowest BCUT2D eigenvalue weighted by Gasteiger charge is -2.21. The van der Waals surface area contributed by atoms with Gasteiger partial charge in [0.2, 0.25) is 0 Å². The Morgan fingerprint density at radius 1 is 1.28 bits per heavy atom. The smallest absolute Gasteiger partial charge is 0.192 e. The molecule has 0 unspecified atom stereocenters. The first kappa shape index (κ1) is 12.2. The summed E-state index contributed by atoms with van der Waals surface area (Å²) in [5.41, 5.74) is -0.288. The Kier molecular flexibility index (Phi) is 3.10. The van der Waals surface area contributed by atoms with Crippen LogP contribution in [0.25, 0.3) is 0 Å². The maximum Gasteiger partial charge on any atom is 0.192 e. The zero-order valence-corrected chi connectivity index (χ0v) is 10.3. The first-order valence-electron chi connectivity index (χ1n) is 5.67. The number of Topliss-reactive ketones (excluding diaryl/α,β-unsaturated/α-hetero) is 1. The molecule has 0 saturated carbocycles. The normalized spacial score (nSPS) is 11.2. The monoisotopic (exact) mass is 242 g/mol. The molecule has 1 N–H and O–H groups in total. The van der Waals surface area contributed by atoms with Crippen LogP contribution >= 0.6 is 0 Å². The molecule has 0 bridgehead atoms. The van der Waals surface area contributed by atoms with Gasteiger partial charge in [0.25, 0.3) is 0 Å². The van der Waals surface area contributed by atoms with Crippen molar-refractivity contribution in [2.75, 3.05) is 0 Å². The fourth-order valence-electron chi connectivity index (χ4n) is 1.78. The van der Waals surface area contributed by atoms with Crippen LogP contribution in [0.4, 0.5) is 0 Å². The van der Waals surface area contributed by atoms with Gasteiger partial charge in [-0.25, -0.2) is 0 Å². The van der Waals surface area contributed by atoms with Crippen LogP contribution in [-0.4, -0.2) is 15.8 Å². The number of aromatic nitrogens is 2. The third-order valence-electron chi connectivity index (χ3n) is 2.94. The van der Waals surface area contributed by atoms with Crippen LogP contribution in [0.3, 0.4) is 0 Å². The van der Waals surface area contributed by atoms with E-state index in [2.05, 4.69) is 9.97 Å². The Morgan fingerprint density at radius 2 is 2.06 bits per heavy atom. The fraction of sp³-hybridized carbons (Fsp3) is 0.214. The predicted molar refractivity (Wildman–Crippen MR) is 68.7 cm³/mol. The van der Waals surface area contributed by atoms with E-state index in [1.54, 1.807) is 32.2 Å². The summed E-state index contributed by atoms with van der Waals surface area (Å²) in [6, 6.07) is 6.75. The molecule has 0 spiro atoms. The van der Waals surface area contributed by atoms with E-state index < -0.39 is 5.41 Å². The Morgan fingerprint density at radius 3 is 2.67 bits per heavy atom. The van der Waals surface area contributed by atoms with Crippen molar-refractivity contribution in [2.24, 2.45) is 0 Å². The zero-order chi connectivity index (χ0) is 13.2. The first-order chi connectivity index (χ1) is 8.53. The van der Waals surface area contributed by atoms with Gasteiger partial charge in [0.15, 0.2) is 11.2 Å². The van der Waals surface area contributed by atoms with Crippen LogP contribution in [0.15, 0.2) is 47.7 Å². The van der Waals surface area contributed by atoms with E-state index in [4.69, 9.17) is 0 Å². The van der Waals surface area contributed by atoms with Gasteiger partial charge in [-0.05, 0) is 26.0 Å². The summed E-state index contributed by atoms with van der Waals surface area (Å²) in [7, 11) is 0. The van der Waals surface area contributed by atoms with Crippen LogP contribution in [0, 0.1) is 0 Å². The molecule has 2 rings (SSSR count).